The first-order chi connectivity index (χ1) is 7.75. The third kappa shape index (κ3) is 2.70. The van der Waals surface area contributed by atoms with Crippen molar-refractivity contribution >= 4 is 17.3 Å². The number of hydrogen-bond donors (Lipinski definition) is 1. The number of halogens is 1. The van der Waals surface area contributed by atoms with Crippen LogP contribution in [0.1, 0.15) is 5.69 Å². The topological polar surface area (TPSA) is 55.6 Å². The number of nitrogens with one attached hydrogen (secondary N) is 1. The number of anilines is 1. The van der Waals surface area contributed by atoms with E-state index in [0.717, 1.165) is 18.7 Å². The molecule has 84 valence electrons. The van der Waals surface area contributed by atoms with Gasteiger partial charge in [-0.05, 0) is 6.07 Å². The standard InChI is InChI=1S/C10H12ClN5/c1-16-9(3-5-14-16)2-4-12-8-6-10(11)15-13-7-8/h3,5-7H,2,4H2,1H3,(H,12,15). The molecule has 0 atom stereocenters. The largest absolute Gasteiger partial charge is 0.383 e. The Labute approximate surface area is 98.5 Å². The second-order valence-corrected chi connectivity index (χ2v) is 3.78. The highest BCUT2D eigenvalue weighted by molar-refractivity contribution is 6.29. The molecule has 0 aliphatic rings. The van der Waals surface area contributed by atoms with Crippen LogP contribution in [-0.4, -0.2) is 26.5 Å². The summed E-state index contributed by atoms with van der Waals surface area (Å²) in [4.78, 5) is 0. The zero-order valence-electron chi connectivity index (χ0n) is 8.89. The Hall–Kier alpha value is -1.62. The van der Waals surface area contributed by atoms with Gasteiger partial charge in [-0.25, -0.2) is 0 Å². The summed E-state index contributed by atoms with van der Waals surface area (Å²) in [5, 5.41) is 15.1. The lowest BCUT2D eigenvalue weighted by Crippen LogP contribution is -2.08. The summed E-state index contributed by atoms with van der Waals surface area (Å²) in [5.74, 6) is 0. The highest BCUT2D eigenvalue weighted by atomic mass is 35.5. The summed E-state index contributed by atoms with van der Waals surface area (Å²) in [6.07, 6.45) is 4.34. The van der Waals surface area contributed by atoms with Crippen molar-refractivity contribution < 1.29 is 0 Å². The van der Waals surface area contributed by atoms with Gasteiger partial charge in [-0.2, -0.15) is 10.2 Å². The zero-order chi connectivity index (χ0) is 11.4. The van der Waals surface area contributed by atoms with Crippen LogP contribution in [0.5, 0.6) is 0 Å². The molecule has 0 aromatic carbocycles. The molecule has 0 amide bonds. The molecule has 5 nitrogen and oxygen atoms in total. The molecule has 2 rings (SSSR count). The third-order valence-corrected chi connectivity index (χ3v) is 2.44. The molecule has 1 N–H and O–H groups in total. The van der Waals surface area contributed by atoms with Crippen LogP contribution < -0.4 is 5.32 Å². The molecule has 0 bridgehead atoms. The van der Waals surface area contributed by atoms with E-state index < -0.39 is 0 Å². The monoisotopic (exact) mass is 237 g/mol. The van der Waals surface area contributed by atoms with Crippen molar-refractivity contribution in [1.82, 2.24) is 20.0 Å². The predicted octanol–water partition coefficient (Wildman–Crippen LogP) is 1.52. The molecular formula is C10H12ClN5. The first kappa shape index (κ1) is 10.9. The van der Waals surface area contributed by atoms with Crippen LogP contribution in [-0.2, 0) is 13.5 Å². The molecule has 0 unspecified atom stereocenters. The van der Waals surface area contributed by atoms with Gasteiger partial charge in [0.05, 0.1) is 11.9 Å². The van der Waals surface area contributed by atoms with Gasteiger partial charge in [-0.15, -0.1) is 5.10 Å². The number of hydrogen-bond acceptors (Lipinski definition) is 4. The maximum atomic E-state index is 5.72. The molecule has 0 saturated heterocycles. The summed E-state index contributed by atoms with van der Waals surface area (Å²) in [7, 11) is 1.93. The Morgan fingerprint density at radius 2 is 2.38 bits per heavy atom. The van der Waals surface area contributed by atoms with Gasteiger partial charge in [0.2, 0.25) is 0 Å². The number of nitrogens with zero attached hydrogens (tertiary/aromatic N) is 4. The van der Waals surface area contributed by atoms with E-state index >= 15 is 0 Å². The normalized spacial score (nSPS) is 10.4. The van der Waals surface area contributed by atoms with E-state index in [1.807, 2.05) is 17.8 Å². The van der Waals surface area contributed by atoms with Crippen molar-refractivity contribution in [2.24, 2.45) is 7.05 Å². The number of rotatable bonds is 4. The summed E-state index contributed by atoms with van der Waals surface area (Å²) < 4.78 is 1.86. The van der Waals surface area contributed by atoms with Gasteiger partial charge in [0.1, 0.15) is 0 Å². The van der Waals surface area contributed by atoms with E-state index in [9.17, 15) is 0 Å². The van der Waals surface area contributed by atoms with Crippen molar-refractivity contribution in [3.8, 4) is 0 Å². The average Bonchev–Trinajstić information content (AvgIpc) is 2.65. The van der Waals surface area contributed by atoms with Crippen LogP contribution in [0, 0.1) is 0 Å². The van der Waals surface area contributed by atoms with Gasteiger partial charge < -0.3 is 5.32 Å². The summed E-state index contributed by atoms with van der Waals surface area (Å²) >= 11 is 5.72. The molecule has 6 heteroatoms. The van der Waals surface area contributed by atoms with Crippen LogP contribution in [0.2, 0.25) is 5.15 Å². The minimum Gasteiger partial charge on any atom is -0.383 e. The van der Waals surface area contributed by atoms with Crippen LogP contribution in [0.15, 0.2) is 24.5 Å². The molecule has 0 fully saturated rings. The maximum Gasteiger partial charge on any atom is 0.153 e. The molecular weight excluding hydrogens is 226 g/mol. The summed E-state index contributed by atoms with van der Waals surface area (Å²) in [6, 6.07) is 3.75. The van der Waals surface area contributed by atoms with Gasteiger partial charge in [-0.3, -0.25) is 4.68 Å². The first-order valence-electron chi connectivity index (χ1n) is 4.94. The van der Waals surface area contributed by atoms with Crippen molar-refractivity contribution in [3.63, 3.8) is 0 Å². The van der Waals surface area contributed by atoms with E-state index in [2.05, 4.69) is 20.6 Å². The number of aryl methyl sites for hydroxylation is 1. The van der Waals surface area contributed by atoms with Gasteiger partial charge in [-0.1, -0.05) is 11.6 Å². The molecule has 2 aromatic heterocycles. The Kier molecular flexibility index (Phi) is 3.36. The lowest BCUT2D eigenvalue weighted by Gasteiger charge is -2.05. The van der Waals surface area contributed by atoms with Gasteiger partial charge >= 0.3 is 0 Å². The van der Waals surface area contributed by atoms with Gasteiger partial charge in [0, 0.05) is 38.0 Å². The number of aromatic nitrogens is 4. The minimum atomic E-state index is 0.394. The fourth-order valence-corrected chi connectivity index (χ4v) is 1.58. The second-order valence-electron chi connectivity index (χ2n) is 3.39. The predicted molar refractivity (Wildman–Crippen MR) is 62.4 cm³/mol. The Balaban J connectivity index is 1.87. The Morgan fingerprint density at radius 3 is 3.06 bits per heavy atom. The van der Waals surface area contributed by atoms with E-state index in [0.29, 0.717) is 5.15 Å². The van der Waals surface area contributed by atoms with Crippen molar-refractivity contribution in [1.29, 1.82) is 0 Å². The summed E-state index contributed by atoms with van der Waals surface area (Å²) in [5.41, 5.74) is 2.06. The van der Waals surface area contributed by atoms with E-state index in [-0.39, 0.29) is 0 Å². The SMILES string of the molecule is Cn1nccc1CCNc1cnnc(Cl)c1. The fourth-order valence-electron chi connectivity index (χ4n) is 1.42. The quantitative estimate of drug-likeness (QED) is 0.876. The lowest BCUT2D eigenvalue weighted by atomic mass is 10.3. The Morgan fingerprint density at radius 1 is 1.50 bits per heavy atom. The molecule has 0 spiro atoms. The minimum absolute atomic E-state index is 0.394. The molecule has 2 aromatic rings. The Bertz CT molecular complexity index is 468. The fraction of sp³-hybridized carbons (Fsp3) is 0.300. The van der Waals surface area contributed by atoms with Crippen LogP contribution in [0.3, 0.4) is 0 Å². The van der Waals surface area contributed by atoms with Crippen LogP contribution in [0.4, 0.5) is 5.69 Å². The van der Waals surface area contributed by atoms with Crippen molar-refractivity contribution in [3.05, 3.63) is 35.4 Å². The maximum absolute atomic E-state index is 5.72. The van der Waals surface area contributed by atoms with Gasteiger partial charge in [0.15, 0.2) is 5.15 Å². The highest BCUT2D eigenvalue weighted by Gasteiger charge is 1.99. The van der Waals surface area contributed by atoms with Crippen molar-refractivity contribution in [2.45, 2.75) is 6.42 Å². The average molecular weight is 238 g/mol. The molecule has 0 aliphatic heterocycles. The smallest absolute Gasteiger partial charge is 0.153 e. The highest BCUT2D eigenvalue weighted by Crippen LogP contribution is 2.10. The summed E-state index contributed by atoms with van der Waals surface area (Å²) in [6.45, 7) is 0.807. The van der Waals surface area contributed by atoms with Crippen molar-refractivity contribution in [2.75, 3.05) is 11.9 Å². The molecule has 0 radical (unpaired) electrons. The zero-order valence-corrected chi connectivity index (χ0v) is 9.65. The van der Waals surface area contributed by atoms with E-state index in [4.69, 9.17) is 11.6 Å². The molecule has 0 saturated carbocycles. The second kappa shape index (κ2) is 4.94. The van der Waals surface area contributed by atoms with E-state index in [1.54, 1.807) is 18.5 Å². The van der Waals surface area contributed by atoms with Crippen LogP contribution >= 0.6 is 11.6 Å². The third-order valence-electron chi connectivity index (χ3n) is 2.26. The molecule has 16 heavy (non-hydrogen) atoms. The molecule has 0 aliphatic carbocycles. The van der Waals surface area contributed by atoms with Crippen LogP contribution in [0.25, 0.3) is 0 Å². The molecule has 2 heterocycles. The lowest BCUT2D eigenvalue weighted by molar-refractivity contribution is 0.711. The van der Waals surface area contributed by atoms with E-state index in [1.165, 1.54) is 5.69 Å². The van der Waals surface area contributed by atoms with Gasteiger partial charge in [0.25, 0.3) is 0 Å². The first-order valence-corrected chi connectivity index (χ1v) is 5.32.